The van der Waals surface area contributed by atoms with E-state index in [-0.39, 0.29) is 12.4 Å². The van der Waals surface area contributed by atoms with Crippen LogP contribution in [0.2, 0.25) is 0 Å². The number of nitrogens with one attached hydrogen (secondary N) is 2. The first-order valence-electron chi connectivity index (χ1n) is 8.00. The van der Waals surface area contributed by atoms with Gasteiger partial charge in [0.2, 0.25) is 0 Å². The molecule has 6 heteroatoms. The van der Waals surface area contributed by atoms with E-state index in [0.29, 0.717) is 24.6 Å². The maximum atomic E-state index is 13.7. The van der Waals surface area contributed by atoms with Crippen molar-refractivity contribution in [3.05, 3.63) is 65.0 Å². The van der Waals surface area contributed by atoms with Crippen LogP contribution in [0.1, 0.15) is 16.7 Å². The van der Waals surface area contributed by atoms with Crippen LogP contribution in [0.4, 0.5) is 4.39 Å². The second-order valence-corrected chi connectivity index (χ2v) is 5.45. The minimum atomic E-state index is -0.260. The Bertz CT molecular complexity index is 720. The molecular weight excluding hydrogens is 321 g/mol. The number of para-hydroxylation sites is 1. The number of hydrogen-bond acceptors (Lipinski definition) is 3. The van der Waals surface area contributed by atoms with Crippen LogP contribution < -0.4 is 15.4 Å². The molecule has 0 saturated carbocycles. The van der Waals surface area contributed by atoms with Crippen LogP contribution in [0.5, 0.6) is 5.75 Å². The van der Waals surface area contributed by atoms with Crippen LogP contribution in [-0.2, 0) is 24.4 Å². The van der Waals surface area contributed by atoms with E-state index < -0.39 is 0 Å². The summed E-state index contributed by atoms with van der Waals surface area (Å²) in [5.41, 5.74) is 2.53. The van der Waals surface area contributed by atoms with Gasteiger partial charge in [-0.05, 0) is 23.8 Å². The monoisotopic (exact) mass is 345 g/mol. The summed E-state index contributed by atoms with van der Waals surface area (Å²) in [6, 6.07) is 12.8. The molecule has 2 rings (SSSR count). The maximum absolute atomic E-state index is 13.7. The van der Waals surface area contributed by atoms with Crippen molar-refractivity contribution in [1.82, 2.24) is 10.6 Å². The molecule has 0 unspecified atom stereocenters. The van der Waals surface area contributed by atoms with Gasteiger partial charge in [0.25, 0.3) is 0 Å². The Morgan fingerprint density at radius 2 is 1.80 bits per heavy atom. The lowest BCUT2D eigenvalue weighted by Gasteiger charge is -2.14. The molecule has 2 aromatic carbocycles. The van der Waals surface area contributed by atoms with Crippen molar-refractivity contribution in [2.75, 3.05) is 21.3 Å². The lowest BCUT2D eigenvalue weighted by Crippen LogP contribution is -2.36. The smallest absolute Gasteiger partial charge is 0.191 e. The van der Waals surface area contributed by atoms with E-state index in [9.17, 15) is 4.39 Å². The summed E-state index contributed by atoms with van der Waals surface area (Å²) < 4.78 is 24.0. The summed E-state index contributed by atoms with van der Waals surface area (Å²) in [5, 5.41) is 6.46. The zero-order valence-electron chi connectivity index (χ0n) is 14.8. The number of aliphatic imine (C=N–C) groups is 1. The number of hydrogen-bond donors (Lipinski definition) is 2. The molecule has 0 heterocycles. The quantitative estimate of drug-likeness (QED) is 0.598. The van der Waals surface area contributed by atoms with Crippen LogP contribution in [0.15, 0.2) is 47.5 Å². The van der Waals surface area contributed by atoms with Gasteiger partial charge in [0.1, 0.15) is 11.6 Å². The summed E-state index contributed by atoms with van der Waals surface area (Å²) in [6.07, 6.45) is 0. The highest BCUT2D eigenvalue weighted by molar-refractivity contribution is 5.79. The van der Waals surface area contributed by atoms with Crippen molar-refractivity contribution >= 4 is 5.96 Å². The van der Waals surface area contributed by atoms with E-state index in [1.54, 1.807) is 33.4 Å². The third-order valence-electron chi connectivity index (χ3n) is 3.73. The van der Waals surface area contributed by atoms with Gasteiger partial charge in [0, 0.05) is 38.4 Å². The Labute approximate surface area is 147 Å². The van der Waals surface area contributed by atoms with Crippen molar-refractivity contribution in [3.8, 4) is 5.75 Å². The summed E-state index contributed by atoms with van der Waals surface area (Å²) in [5.74, 6) is 1.22. The van der Waals surface area contributed by atoms with Gasteiger partial charge < -0.3 is 20.1 Å². The largest absolute Gasteiger partial charge is 0.496 e. The maximum Gasteiger partial charge on any atom is 0.191 e. The van der Waals surface area contributed by atoms with Crippen molar-refractivity contribution in [3.63, 3.8) is 0 Å². The number of methoxy groups -OCH3 is 2. The number of guanidine groups is 1. The molecule has 0 spiro atoms. The Balaban J connectivity index is 1.93. The van der Waals surface area contributed by atoms with E-state index >= 15 is 0 Å². The Morgan fingerprint density at radius 1 is 1.04 bits per heavy atom. The molecule has 0 aliphatic rings. The Kier molecular flexibility index (Phi) is 7.22. The fourth-order valence-corrected chi connectivity index (χ4v) is 2.44. The third kappa shape index (κ3) is 5.46. The van der Waals surface area contributed by atoms with E-state index in [1.807, 2.05) is 24.3 Å². The summed E-state index contributed by atoms with van der Waals surface area (Å²) in [6.45, 7) is 1.37. The highest BCUT2D eigenvalue weighted by Crippen LogP contribution is 2.16. The average Bonchev–Trinajstić information content (AvgIpc) is 2.64. The van der Waals surface area contributed by atoms with Crippen LogP contribution in [-0.4, -0.2) is 27.2 Å². The molecule has 0 saturated heterocycles. The highest BCUT2D eigenvalue weighted by Gasteiger charge is 2.06. The first kappa shape index (κ1) is 18.7. The minimum absolute atomic E-state index is 0.250. The molecule has 0 aromatic heterocycles. The van der Waals surface area contributed by atoms with Crippen molar-refractivity contribution in [2.24, 2.45) is 4.99 Å². The van der Waals surface area contributed by atoms with Gasteiger partial charge in [0.15, 0.2) is 5.96 Å². The fourth-order valence-electron chi connectivity index (χ4n) is 2.44. The van der Waals surface area contributed by atoms with E-state index in [1.165, 1.54) is 6.07 Å². The first-order valence-corrected chi connectivity index (χ1v) is 8.00. The van der Waals surface area contributed by atoms with E-state index in [4.69, 9.17) is 9.47 Å². The molecule has 0 aliphatic heterocycles. The fraction of sp³-hybridized carbons (Fsp3) is 0.316. The standard InChI is InChI=1S/C19H24FN3O2/c1-21-19(23-12-15-6-4-5-7-18(15)25-3)22-11-14-8-9-17(20)16(10-14)13-24-2/h4-10H,11-13H2,1-3H3,(H2,21,22,23). The normalized spacial score (nSPS) is 11.3. The van der Waals surface area contributed by atoms with Gasteiger partial charge in [0.05, 0.1) is 13.7 Å². The predicted octanol–water partition coefficient (Wildman–Crippen LogP) is 2.85. The third-order valence-corrected chi connectivity index (χ3v) is 3.73. The number of rotatable bonds is 7. The van der Waals surface area contributed by atoms with Gasteiger partial charge in [-0.3, -0.25) is 4.99 Å². The summed E-state index contributed by atoms with van der Waals surface area (Å²) in [7, 11) is 4.91. The number of nitrogens with zero attached hydrogens (tertiary/aromatic N) is 1. The second-order valence-electron chi connectivity index (χ2n) is 5.45. The lowest BCUT2D eigenvalue weighted by atomic mass is 10.1. The van der Waals surface area contributed by atoms with Crippen molar-refractivity contribution < 1.29 is 13.9 Å². The molecule has 134 valence electrons. The molecule has 0 bridgehead atoms. The SMILES string of the molecule is CN=C(NCc1ccc(F)c(COC)c1)NCc1ccccc1OC. The van der Waals surface area contributed by atoms with Gasteiger partial charge in [-0.25, -0.2) is 4.39 Å². The first-order chi connectivity index (χ1) is 12.2. The molecule has 0 aliphatic carbocycles. The molecule has 2 N–H and O–H groups in total. The highest BCUT2D eigenvalue weighted by atomic mass is 19.1. The molecule has 0 radical (unpaired) electrons. The van der Waals surface area contributed by atoms with Crippen LogP contribution >= 0.6 is 0 Å². The minimum Gasteiger partial charge on any atom is -0.496 e. The van der Waals surface area contributed by atoms with E-state index in [2.05, 4.69) is 15.6 Å². The molecule has 0 amide bonds. The molecule has 25 heavy (non-hydrogen) atoms. The van der Waals surface area contributed by atoms with Gasteiger partial charge >= 0.3 is 0 Å². The molecular formula is C19H24FN3O2. The van der Waals surface area contributed by atoms with Crippen LogP contribution in [0.3, 0.4) is 0 Å². The van der Waals surface area contributed by atoms with Gasteiger partial charge in [-0.2, -0.15) is 0 Å². The van der Waals surface area contributed by atoms with Gasteiger partial charge in [-0.15, -0.1) is 0 Å². The van der Waals surface area contributed by atoms with Gasteiger partial charge in [-0.1, -0.05) is 24.3 Å². The second kappa shape index (κ2) is 9.64. The van der Waals surface area contributed by atoms with Crippen molar-refractivity contribution in [1.29, 1.82) is 0 Å². The Morgan fingerprint density at radius 3 is 2.52 bits per heavy atom. The van der Waals surface area contributed by atoms with Crippen LogP contribution in [0.25, 0.3) is 0 Å². The number of benzene rings is 2. The Hall–Kier alpha value is -2.60. The summed E-state index contributed by atoms with van der Waals surface area (Å²) in [4.78, 5) is 4.20. The molecule has 2 aromatic rings. The predicted molar refractivity (Wildman–Crippen MR) is 97.1 cm³/mol. The molecule has 0 atom stereocenters. The summed E-state index contributed by atoms with van der Waals surface area (Å²) >= 11 is 0. The molecule has 0 fully saturated rings. The molecule has 5 nitrogen and oxygen atoms in total. The lowest BCUT2D eigenvalue weighted by molar-refractivity contribution is 0.181. The number of halogens is 1. The topological polar surface area (TPSA) is 54.9 Å². The number of ether oxygens (including phenoxy) is 2. The zero-order chi connectivity index (χ0) is 18.1. The van der Waals surface area contributed by atoms with E-state index in [0.717, 1.165) is 16.9 Å². The van der Waals surface area contributed by atoms with Crippen LogP contribution in [0, 0.1) is 5.82 Å². The zero-order valence-corrected chi connectivity index (χ0v) is 14.8. The van der Waals surface area contributed by atoms with Crippen molar-refractivity contribution in [2.45, 2.75) is 19.7 Å². The average molecular weight is 345 g/mol.